The molecule has 0 saturated heterocycles. The number of aromatic nitrogens is 2. The molecule has 0 aliphatic heterocycles. The minimum absolute atomic E-state index is 0.246. The lowest BCUT2D eigenvalue weighted by Crippen LogP contribution is -2.48. The number of anilines is 1. The largest absolute Gasteiger partial charge is 0.390 e. The molecule has 130 valence electrons. The van der Waals surface area contributed by atoms with Gasteiger partial charge in [0, 0.05) is 22.4 Å². The number of benzene rings is 2. The van der Waals surface area contributed by atoms with E-state index in [0.717, 1.165) is 40.7 Å². The van der Waals surface area contributed by atoms with Gasteiger partial charge in [-0.25, -0.2) is 0 Å². The van der Waals surface area contributed by atoms with Gasteiger partial charge in [0.05, 0.1) is 5.60 Å². The van der Waals surface area contributed by atoms with Crippen molar-refractivity contribution < 1.29 is 5.11 Å². The monoisotopic (exact) mass is 361 g/mol. The second-order valence-electron chi connectivity index (χ2n) is 7.40. The Labute approximate surface area is 155 Å². The van der Waals surface area contributed by atoms with E-state index in [1.807, 2.05) is 19.1 Å². The zero-order valence-corrected chi connectivity index (χ0v) is 15.3. The zero-order valence-electron chi connectivity index (χ0n) is 14.4. The Bertz CT molecular complexity index is 1110. The number of rotatable bonds is 3. The molecule has 4 aromatic rings. The van der Waals surface area contributed by atoms with Gasteiger partial charge in [0.2, 0.25) is 0 Å². The molecule has 1 saturated carbocycles. The van der Waals surface area contributed by atoms with Gasteiger partial charge in [0.1, 0.15) is 5.69 Å². The smallest absolute Gasteiger partial charge is 0.156 e. The Morgan fingerprint density at radius 2 is 1.81 bits per heavy atom. The number of hydrogen-bond donors (Lipinski definition) is 2. The fourth-order valence-corrected chi connectivity index (χ4v) is 4.61. The van der Waals surface area contributed by atoms with Crippen molar-refractivity contribution in [3.05, 3.63) is 53.2 Å². The van der Waals surface area contributed by atoms with Gasteiger partial charge in [0.25, 0.3) is 0 Å². The fourth-order valence-electron chi connectivity index (χ4n) is 3.83. The van der Waals surface area contributed by atoms with Crippen molar-refractivity contribution in [1.82, 2.24) is 10.2 Å². The van der Waals surface area contributed by atoms with Crippen LogP contribution in [-0.2, 0) is 0 Å². The summed E-state index contributed by atoms with van der Waals surface area (Å²) in [5, 5.41) is 31.4. The van der Waals surface area contributed by atoms with Crippen molar-refractivity contribution in [2.45, 2.75) is 31.4 Å². The van der Waals surface area contributed by atoms with E-state index in [1.54, 1.807) is 11.3 Å². The molecule has 0 spiro atoms. The maximum absolute atomic E-state index is 9.96. The van der Waals surface area contributed by atoms with Crippen LogP contribution >= 0.6 is 11.3 Å². The normalized spacial score (nSPS) is 22.5. The van der Waals surface area contributed by atoms with Crippen LogP contribution in [0.1, 0.15) is 19.8 Å². The van der Waals surface area contributed by atoms with Gasteiger partial charge in [-0.3, -0.25) is 0 Å². The van der Waals surface area contributed by atoms with Crippen LogP contribution in [0.25, 0.3) is 32.8 Å². The van der Waals surface area contributed by atoms with Crippen LogP contribution in [0.2, 0.25) is 0 Å². The average molecular weight is 361 g/mol. The second kappa shape index (κ2) is 5.76. The summed E-state index contributed by atoms with van der Waals surface area (Å²) in [5.41, 5.74) is 1.43. The van der Waals surface area contributed by atoms with Crippen LogP contribution in [0, 0.1) is 0 Å². The highest BCUT2D eigenvalue weighted by Gasteiger charge is 2.38. The van der Waals surface area contributed by atoms with Gasteiger partial charge >= 0.3 is 0 Å². The van der Waals surface area contributed by atoms with Crippen LogP contribution in [0.5, 0.6) is 0 Å². The molecule has 5 heteroatoms. The van der Waals surface area contributed by atoms with Crippen molar-refractivity contribution in [2.24, 2.45) is 0 Å². The number of nitrogens with zero attached hydrogens (tertiary/aromatic N) is 2. The van der Waals surface area contributed by atoms with E-state index >= 15 is 0 Å². The molecule has 1 aliphatic carbocycles. The summed E-state index contributed by atoms with van der Waals surface area (Å²) in [6.07, 6.45) is 1.47. The van der Waals surface area contributed by atoms with E-state index in [9.17, 15) is 5.11 Å². The van der Waals surface area contributed by atoms with Crippen LogP contribution in [0.4, 0.5) is 5.82 Å². The van der Waals surface area contributed by atoms with Gasteiger partial charge < -0.3 is 10.4 Å². The summed E-state index contributed by atoms with van der Waals surface area (Å²) < 4.78 is 0. The summed E-state index contributed by atoms with van der Waals surface area (Å²) >= 11 is 1.71. The predicted molar refractivity (Wildman–Crippen MR) is 108 cm³/mol. The lowest BCUT2D eigenvalue weighted by Gasteiger charge is -2.41. The lowest BCUT2D eigenvalue weighted by molar-refractivity contribution is -0.0235. The van der Waals surface area contributed by atoms with E-state index in [4.69, 9.17) is 0 Å². The highest BCUT2D eigenvalue weighted by molar-refractivity contribution is 7.09. The minimum Gasteiger partial charge on any atom is -0.390 e. The first-order valence-corrected chi connectivity index (χ1v) is 9.74. The van der Waals surface area contributed by atoms with Crippen molar-refractivity contribution in [3.8, 4) is 11.3 Å². The Morgan fingerprint density at radius 3 is 2.62 bits per heavy atom. The topological polar surface area (TPSA) is 58.0 Å². The number of hydrogen-bond acceptors (Lipinski definition) is 5. The fraction of sp³-hybridized carbons (Fsp3) is 0.238. The first kappa shape index (κ1) is 15.7. The van der Waals surface area contributed by atoms with Gasteiger partial charge in [-0.2, -0.15) is 11.3 Å². The molecule has 1 fully saturated rings. The Morgan fingerprint density at radius 1 is 1.04 bits per heavy atom. The molecule has 1 aliphatic rings. The van der Waals surface area contributed by atoms with Crippen molar-refractivity contribution in [1.29, 1.82) is 0 Å². The third-order valence-corrected chi connectivity index (χ3v) is 5.93. The molecule has 2 heterocycles. The van der Waals surface area contributed by atoms with Crippen LogP contribution in [-0.4, -0.2) is 26.9 Å². The summed E-state index contributed by atoms with van der Waals surface area (Å²) in [6, 6.07) is 14.9. The standard InChI is InChI=1S/C21H19N3OS/c1-21(25)9-16(10-21)22-20-18-5-3-2-4-17(18)19(23-24-20)13-6-7-14-11-26-12-15(14)8-13/h2-8,11-12,16,25H,9-10H2,1H3,(H,22,24). The number of nitrogens with one attached hydrogen (secondary N) is 1. The summed E-state index contributed by atoms with van der Waals surface area (Å²) in [6.45, 7) is 1.87. The maximum Gasteiger partial charge on any atom is 0.156 e. The van der Waals surface area contributed by atoms with Crippen LogP contribution < -0.4 is 5.32 Å². The number of thiophene rings is 1. The Balaban J connectivity index is 1.58. The summed E-state index contributed by atoms with van der Waals surface area (Å²) in [5.74, 6) is 0.793. The molecule has 2 N–H and O–H groups in total. The molecular weight excluding hydrogens is 342 g/mol. The van der Waals surface area contributed by atoms with E-state index in [1.165, 1.54) is 10.8 Å². The van der Waals surface area contributed by atoms with Crippen molar-refractivity contribution >= 4 is 38.7 Å². The molecule has 0 bridgehead atoms. The van der Waals surface area contributed by atoms with Gasteiger partial charge in [-0.05, 0) is 47.4 Å². The molecule has 26 heavy (non-hydrogen) atoms. The molecule has 2 aromatic carbocycles. The molecular formula is C21H19N3OS. The Hall–Kier alpha value is -2.50. The van der Waals surface area contributed by atoms with Gasteiger partial charge in [0.15, 0.2) is 5.82 Å². The first-order chi connectivity index (χ1) is 12.6. The molecule has 0 atom stereocenters. The average Bonchev–Trinajstić information content (AvgIpc) is 3.08. The van der Waals surface area contributed by atoms with E-state index < -0.39 is 5.60 Å². The first-order valence-electron chi connectivity index (χ1n) is 8.80. The third kappa shape index (κ3) is 2.64. The Kier molecular flexibility index (Phi) is 3.48. The second-order valence-corrected chi connectivity index (χ2v) is 8.15. The number of fused-ring (bicyclic) bond motifs is 2. The molecule has 5 rings (SSSR count). The molecule has 4 nitrogen and oxygen atoms in total. The molecule has 0 unspecified atom stereocenters. The SMILES string of the molecule is CC1(O)CC(Nc2nnc(-c3ccc4cscc4c3)c3ccccc23)C1. The highest BCUT2D eigenvalue weighted by Crippen LogP contribution is 2.36. The molecule has 2 aromatic heterocycles. The minimum atomic E-state index is -0.559. The van der Waals surface area contributed by atoms with Gasteiger partial charge in [-0.1, -0.05) is 36.4 Å². The summed E-state index contributed by atoms with van der Waals surface area (Å²) in [7, 11) is 0. The van der Waals surface area contributed by atoms with E-state index in [-0.39, 0.29) is 6.04 Å². The zero-order chi connectivity index (χ0) is 17.7. The third-order valence-electron chi connectivity index (χ3n) is 5.15. The van der Waals surface area contributed by atoms with E-state index in [0.29, 0.717) is 0 Å². The summed E-state index contributed by atoms with van der Waals surface area (Å²) in [4.78, 5) is 0. The van der Waals surface area contributed by atoms with Crippen LogP contribution in [0.3, 0.4) is 0 Å². The predicted octanol–water partition coefficient (Wildman–Crippen LogP) is 4.84. The number of aliphatic hydroxyl groups is 1. The maximum atomic E-state index is 9.96. The van der Waals surface area contributed by atoms with E-state index in [2.05, 4.69) is 56.6 Å². The van der Waals surface area contributed by atoms with Crippen molar-refractivity contribution in [2.75, 3.05) is 5.32 Å². The quantitative estimate of drug-likeness (QED) is 0.548. The molecule has 0 radical (unpaired) electrons. The molecule has 0 amide bonds. The van der Waals surface area contributed by atoms with Crippen molar-refractivity contribution in [3.63, 3.8) is 0 Å². The highest BCUT2D eigenvalue weighted by atomic mass is 32.1. The lowest BCUT2D eigenvalue weighted by atomic mass is 9.77. The van der Waals surface area contributed by atoms with Gasteiger partial charge in [-0.15, -0.1) is 10.2 Å². The van der Waals surface area contributed by atoms with Crippen LogP contribution in [0.15, 0.2) is 53.2 Å².